The molecule has 2 unspecified atom stereocenters. The van der Waals surface area contributed by atoms with Crippen LogP contribution in [0, 0.1) is 0 Å². The van der Waals surface area contributed by atoms with E-state index in [1.54, 1.807) is 0 Å². The van der Waals surface area contributed by atoms with Gasteiger partial charge in [0.1, 0.15) is 0 Å². The first kappa shape index (κ1) is 15.1. The number of piperazine rings is 1. The lowest BCUT2D eigenvalue weighted by Crippen LogP contribution is -2.51. The molecular formula is C15H21ClN2O2. The van der Waals surface area contributed by atoms with Crippen molar-refractivity contribution >= 4 is 24.1 Å². The summed E-state index contributed by atoms with van der Waals surface area (Å²) in [6.45, 7) is 4.37. The lowest BCUT2D eigenvalue weighted by atomic mass is 10.1. The van der Waals surface area contributed by atoms with E-state index in [0.29, 0.717) is 24.3 Å². The lowest BCUT2D eigenvalue weighted by molar-refractivity contribution is 0.0526. The monoisotopic (exact) mass is 296 g/mol. The number of carbonyl (C=O) groups is 1. The van der Waals surface area contributed by atoms with Gasteiger partial charge in [0.05, 0.1) is 12.2 Å². The van der Waals surface area contributed by atoms with Gasteiger partial charge in [-0.15, -0.1) is 12.4 Å². The van der Waals surface area contributed by atoms with Crippen LogP contribution in [0.5, 0.6) is 0 Å². The van der Waals surface area contributed by atoms with Crippen LogP contribution in [0.15, 0.2) is 24.3 Å². The van der Waals surface area contributed by atoms with Gasteiger partial charge >= 0.3 is 5.97 Å². The minimum atomic E-state index is -0.241. The molecule has 0 aliphatic carbocycles. The highest BCUT2D eigenvalue weighted by atomic mass is 35.5. The average molecular weight is 297 g/mol. The van der Waals surface area contributed by atoms with Gasteiger partial charge in [0.2, 0.25) is 0 Å². The summed E-state index contributed by atoms with van der Waals surface area (Å²) in [7, 11) is 0. The Kier molecular flexibility index (Phi) is 4.89. The molecule has 2 bridgehead atoms. The van der Waals surface area contributed by atoms with E-state index < -0.39 is 0 Å². The summed E-state index contributed by atoms with van der Waals surface area (Å²) in [5, 5.41) is 3.62. The zero-order chi connectivity index (χ0) is 13.2. The fraction of sp³-hybridized carbons (Fsp3) is 0.533. The molecule has 0 saturated carbocycles. The molecule has 1 aromatic carbocycles. The standard InChI is InChI=1S/C15H20N2O2.ClH/c1-2-19-15(18)11-3-7-14(8-4-11)17-9-12-5-6-13(10-17)16-12;/h3-4,7-8,12-13,16H,2,5-6,9-10H2,1H3;1H. The van der Waals surface area contributed by atoms with E-state index in [4.69, 9.17) is 4.74 Å². The second-order valence-corrected chi connectivity index (χ2v) is 5.31. The normalized spacial score (nSPS) is 24.1. The molecule has 2 atom stereocenters. The molecule has 0 radical (unpaired) electrons. The Hall–Kier alpha value is -1.26. The molecule has 2 aliphatic rings. The molecule has 5 heteroatoms. The van der Waals surface area contributed by atoms with Crippen molar-refractivity contribution in [1.82, 2.24) is 5.32 Å². The molecule has 2 heterocycles. The van der Waals surface area contributed by atoms with Gasteiger partial charge < -0.3 is 15.0 Å². The fourth-order valence-electron chi connectivity index (χ4n) is 3.03. The van der Waals surface area contributed by atoms with Crippen LogP contribution in [0.1, 0.15) is 30.1 Å². The highest BCUT2D eigenvalue weighted by molar-refractivity contribution is 5.89. The molecular weight excluding hydrogens is 276 g/mol. The smallest absolute Gasteiger partial charge is 0.338 e. The molecule has 20 heavy (non-hydrogen) atoms. The zero-order valence-electron chi connectivity index (χ0n) is 11.7. The van der Waals surface area contributed by atoms with Crippen molar-refractivity contribution in [2.45, 2.75) is 31.8 Å². The van der Waals surface area contributed by atoms with E-state index in [2.05, 4.69) is 10.2 Å². The fourth-order valence-corrected chi connectivity index (χ4v) is 3.03. The van der Waals surface area contributed by atoms with Crippen LogP contribution >= 0.6 is 12.4 Å². The van der Waals surface area contributed by atoms with Gasteiger partial charge in [0.25, 0.3) is 0 Å². The molecule has 3 rings (SSSR count). The molecule has 2 aliphatic heterocycles. The number of esters is 1. The maximum absolute atomic E-state index is 11.6. The number of anilines is 1. The van der Waals surface area contributed by atoms with Crippen molar-refractivity contribution in [3.63, 3.8) is 0 Å². The third-order valence-corrected chi connectivity index (χ3v) is 3.96. The molecule has 0 aromatic heterocycles. The third-order valence-electron chi connectivity index (χ3n) is 3.96. The maximum atomic E-state index is 11.6. The summed E-state index contributed by atoms with van der Waals surface area (Å²) in [6, 6.07) is 9.02. The van der Waals surface area contributed by atoms with Gasteiger partial charge in [0, 0.05) is 30.9 Å². The highest BCUT2D eigenvalue weighted by Crippen LogP contribution is 2.25. The number of hydrogen-bond donors (Lipinski definition) is 1. The van der Waals surface area contributed by atoms with Crippen molar-refractivity contribution in [2.24, 2.45) is 0 Å². The highest BCUT2D eigenvalue weighted by Gasteiger charge is 2.32. The van der Waals surface area contributed by atoms with Gasteiger partial charge in [-0.2, -0.15) is 0 Å². The second-order valence-electron chi connectivity index (χ2n) is 5.31. The van der Waals surface area contributed by atoms with Crippen LogP contribution in [0.2, 0.25) is 0 Å². The minimum absolute atomic E-state index is 0. The third kappa shape index (κ3) is 3.07. The lowest BCUT2D eigenvalue weighted by Gasteiger charge is -2.34. The second kappa shape index (κ2) is 6.46. The van der Waals surface area contributed by atoms with Crippen molar-refractivity contribution in [1.29, 1.82) is 0 Å². The number of nitrogens with one attached hydrogen (secondary N) is 1. The predicted octanol–water partition coefficient (Wildman–Crippen LogP) is 2.23. The minimum Gasteiger partial charge on any atom is -0.462 e. The Morgan fingerprint density at radius 1 is 1.25 bits per heavy atom. The Morgan fingerprint density at radius 3 is 2.40 bits per heavy atom. The van der Waals surface area contributed by atoms with Gasteiger partial charge in [-0.3, -0.25) is 0 Å². The topological polar surface area (TPSA) is 41.6 Å². The van der Waals surface area contributed by atoms with Crippen molar-refractivity contribution in [3.05, 3.63) is 29.8 Å². The molecule has 1 aromatic rings. The first-order valence-electron chi connectivity index (χ1n) is 7.04. The first-order chi connectivity index (χ1) is 9.26. The zero-order valence-corrected chi connectivity index (χ0v) is 12.5. The van der Waals surface area contributed by atoms with Crippen LogP contribution < -0.4 is 10.2 Å². The van der Waals surface area contributed by atoms with Gasteiger partial charge in [0.15, 0.2) is 0 Å². The largest absolute Gasteiger partial charge is 0.462 e. The van der Waals surface area contributed by atoms with Crippen molar-refractivity contribution in [3.8, 4) is 0 Å². The molecule has 1 N–H and O–H groups in total. The van der Waals surface area contributed by atoms with E-state index in [1.165, 1.54) is 18.5 Å². The van der Waals surface area contributed by atoms with Crippen LogP contribution in [-0.4, -0.2) is 37.7 Å². The molecule has 2 saturated heterocycles. The Labute approximate surface area is 125 Å². The summed E-state index contributed by atoms with van der Waals surface area (Å²) < 4.78 is 4.99. The molecule has 110 valence electrons. The summed E-state index contributed by atoms with van der Waals surface area (Å²) in [5.74, 6) is -0.241. The number of halogens is 1. The number of carbonyl (C=O) groups excluding carboxylic acids is 1. The van der Waals surface area contributed by atoms with E-state index >= 15 is 0 Å². The number of fused-ring (bicyclic) bond motifs is 2. The first-order valence-corrected chi connectivity index (χ1v) is 7.04. The van der Waals surface area contributed by atoms with Gasteiger partial charge in [-0.1, -0.05) is 0 Å². The van der Waals surface area contributed by atoms with Gasteiger partial charge in [-0.25, -0.2) is 4.79 Å². The number of benzene rings is 1. The summed E-state index contributed by atoms with van der Waals surface area (Å²) in [5.41, 5.74) is 1.83. The van der Waals surface area contributed by atoms with Crippen LogP contribution in [0.3, 0.4) is 0 Å². The Morgan fingerprint density at radius 2 is 1.85 bits per heavy atom. The van der Waals surface area contributed by atoms with E-state index in [1.807, 2.05) is 31.2 Å². The summed E-state index contributed by atoms with van der Waals surface area (Å²) in [6.07, 6.45) is 2.56. The quantitative estimate of drug-likeness (QED) is 0.869. The molecule has 4 nitrogen and oxygen atoms in total. The van der Waals surface area contributed by atoms with Crippen molar-refractivity contribution in [2.75, 3.05) is 24.6 Å². The predicted molar refractivity (Wildman–Crippen MR) is 81.8 cm³/mol. The number of hydrogen-bond acceptors (Lipinski definition) is 4. The number of rotatable bonds is 3. The van der Waals surface area contributed by atoms with Crippen LogP contribution in [-0.2, 0) is 4.74 Å². The van der Waals surface area contributed by atoms with E-state index in [0.717, 1.165) is 13.1 Å². The number of nitrogens with zero attached hydrogens (tertiary/aromatic N) is 1. The Bertz CT molecular complexity index is 451. The summed E-state index contributed by atoms with van der Waals surface area (Å²) >= 11 is 0. The Balaban J connectivity index is 0.00000147. The van der Waals surface area contributed by atoms with Crippen LogP contribution in [0.25, 0.3) is 0 Å². The molecule has 0 spiro atoms. The summed E-state index contributed by atoms with van der Waals surface area (Å²) in [4.78, 5) is 14.0. The average Bonchev–Trinajstić information content (AvgIpc) is 2.78. The van der Waals surface area contributed by atoms with E-state index in [-0.39, 0.29) is 18.4 Å². The molecule has 2 fully saturated rings. The number of ether oxygens (including phenoxy) is 1. The van der Waals surface area contributed by atoms with Gasteiger partial charge in [-0.05, 0) is 44.0 Å². The van der Waals surface area contributed by atoms with E-state index in [9.17, 15) is 4.79 Å². The SMILES string of the molecule is CCOC(=O)c1ccc(N2CC3CCC(C2)N3)cc1.Cl. The van der Waals surface area contributed by atoms with Crippen molar-refractivity contribution < 1.29 is 9.53 Å². The molecule has 0 amide bonds. The maximum Gasteiger partial charge on any atom is 0.338 e. The van der Waals surface area contributed by atoms with Crippen LogP contribution in [0.4, 0.5) is 5.69 Å².